The van der Waals surface area contributed by atoms with Gasteiger partial charge in [0.05, 0.1) is 11.3 Å². The number of carboxylic acid groups (broad SMARTS) is 1. The number of amides is 2. The van der Waals surface area contributed by atoms with Crippen LogP contribution >= 0.6 is 0 Å². The molecular formula is C18H17N3O5. The Bertz CT molecular complexity index is 936. The SMILES string of the molecule is C=CCN1C[C@]2(C(=O)O)CN(C(=O)c3onc4ccccc34)C[C@@H]2C1=O. The monoisotopic (exact) mass is 355 g/mol. The van der Waals surface area contributed by atoms with Crippen molar-refractivity contribution in [2.45, 2.75) is 0 Å². The first-order valence-corrected chi connectivity index (χ1v) is 8.24. The molecular weight excluding hydrogens is 338 g/mol. The topological polar surface area (TPSA) is 104 Å². The fraction of sp³-hybridized carbons (Fsp3) is 0.333. The van der Waals surface area contributed by atoms with Crippen molar-refractivity contribution in [3.8, 4) is 0 Å². The largest absolute Gasteiger partial charge is 0.481 e. The lowest BCUT2D eigenvalue weighted by Crippen LogP contribution is -2.42. The molecule has 8 nitrogen and oxygen atoms in total. The minimum atomic E-state index is -1.30. The number of aliphatic carboxylic acids is 1. The second-order valence-corrected chi connectivity index (χ2v) is 6.74. The first kappa shape index (κ1) is 16.3. The van der Waals surface area contributed by atoms with Gasteiger partial charge in [-0.2, -0.15) is 0 Å². The maximum Gasteiger partial charge on any atom is 0.314 e. The van der Waals surface area contributed by atoms with Gasteiger partial charge in [0.25, 0.3) is 5.91 Å². The zero-order valence-corrected chi connectivity index (χ0v) is 13.9. The number of nitrogens with zero attached hydrogens (tertiary/aromatic N) is 3. The van der Waals surface area contributed by atoms with Crippen LogP contribution in [-0.2, 0) is 9.59 Å². The molecule has 26 heavy (non-hydrogen) atoms. The van der Waals surface area contributed by atoms with E-state index in [4.69, 9.17) is 4.52 Å². The van der Waals surface area contributed by atoms with Crippen molar-refractivity contribution >= 4 is 28.7 Å². The normalized spacial score (nSPS) is 24.9. The first-order chi connectivity index (χ1) is 12.5. The Hall–Kier alpha value is -3.16. The number of hydrogen-bond donors (Lipinski definition) is 1. The highest BCUT2D eigenvalue weighted by molar-refractivity contribution is 6.04. The Morgan fingerprint density at radius 2 is 2.15 bits per heavy atom. The number of rotatable bonds is 4. The van der Waals surface area contributed by atoms with Crippen LogP contribution in [0.1, 0.15) is 10.6 Å². The number of carbonyl (C=O) groups excluding carboxylic acids is 2. The number of fused-ring (bicyclic) bond motifs is 2. The highest BCUT2D eigenvalue weighted by Crippen LogP contribution is 2.44. The second-order valence-electron chi connectivity index (χ2n) is 6.74. The van der Waals surface area contributed by atoms with Gasteiger partial charge in [0, 0.05) is 26.2 Å². The van der Waals surface area contributed by atoms with Crippen molar-refractivity contribution in [3.05, 3.63) is 42.7 Å². The lowest BCUT2D eigenvalue weighted by atomic mass is 9.81. The minimum Gasteiger partial charge on any atom is -0.481 e. The van der Waals surface area contributed by atoms with E-state index in [1.165, 1.54) is 9.80 Å². The van der Waals surface area contributed by atoms with E-state index in [1.807, 2.05) is 0 Å². The zero-order valence-electron chi connectivity index (χ0n) is 13.9. The Kier molecular flexibility index (Phi) is 3.57. The number of aromatic nitrogens is 1. The highest BCUT2D eigenvalue weighted by atomic mass is 16.5. The smallest absolute Gasteiger partial charge is 0.314 e. The van der Waals surface area contributed by atoms with Crippen molar-refractivity contribution in [2.24, 2.45) is 11.3 Å². The molecule has 8 heteroatoms. The van der Waals surface area contributed by atoms with Crippen molar-refractivity contribution in [2.75, 3.05) is 26.2 Å². The molecule has 2 amide bonds. The van der Waals surface area contributed by atoms with E-state index in [-0.39, 0.29) is 31.3 Å². The van der Waals surface area contributed by atoms with Crippen LogP contribution in [-0.4, -0.2) is 64.0 Å². The number of hydrogen-bond acceptors (Lipinski definition) is 5. The summed E-state index contributed by atoms with van der Waals surface area (Å²) in [6.45, 7) is 3.97. The van der Waals surface area contributed by atoms with E-state index in [2.05, 4.69) is 11.7 Å². The molecule has 0 saturated carbocycles. The lowest BCUT2D eigenvalue weighted by molar-refractivity contribution is -0.149. The Labute approximate surface area is 148 Å². The molecule has 0 aliphatic carbocycles. The summed E-state index contributed by atoms with van der Waals surface area (Å²) < 4.78 is 5.19. The van der Waals surface area contributed by atoms with Crippen molar-refractivity contribution in [3.63, 3.8) is 0 Å². The van der Waals surface area contributed by atoms with E-state index >= 15 is 0 Å². The molecule has 1 N–H and O–H groups in total. The Morgan fingerprint density at radius 1 is 1.38 bits per heavy atom. The minimum absolute atomic E-state index is 0.0414. The standard InChI is InChI=1S/C18H17N3O5/c1-2-7-20-9-18(17(24)25)10-21(8-12(18)15(20)22)16(23)14-11-5-3-4-6-13(11)19-26-14/h2-6,12H,1,7-10H2,(H,24,25)/t12-,18+/m1/s1. The lowest BCUT2D eigenvalue weighted by Gasteiger charge is -2.24. The van der Waals surface area contributed by atoms with E-state index in [0.717, 1.165) is 0 Å². The molecule has 3 heterocycles. The molecule has 2 aliphatic rings. The fourth-order valence-electron chi connectivity index (χ4n) is 3.96. The third-order valence-corrected chi connectivity index (χ3v) is 5.27. The molecule has 0 radical (unpaired) electrons. The third-order valence-electron chi connectivity index (χ3n) is 5.27. The van der Waals surface area contributed by atoms with Crippen LogP contribution in [0.4, 0.5) is 0 Å². The quantitative estimate of drug-likeness (QED) is 0.821. The van der Waals surface area contributed by atoms with Gasteiger partial charge < -0.3 is 19.4 Å². The Morgan fingerprint density at radius 3 is 2.85 bits per heavy atom. The first-order valence-electron chi connectivity index (χ1n) is 8.24. The van der Waals surface area contributed by atoms with Crippen molar-refractivity contribution < 1.29 is 24.0 Å². The van der Waals surface area contributed by atoms with Gasteiger partial charge in [-0.05, 0) is 12.1 Å². The number of likely N-dealkylation sites (tertiary alicyclic amines) is 2. The molecule has 2 aromatic rings. The van der Waals surface area contributed by atoms with Crippen LogP contribution in [0.15, 0.2) is 41.4 Å². The maximum atomic E-state index is 12.9. The Balaban J connectivity index is 1.65. The molecule has 1 aromatic heterocycles. The number of carbonyl (C=O) groups is 3. The summed E-state index contributed by atoms with van der Waals surface area (Å²) in [4.78, 5) is 40.3. The molecule has 0 bridgehead atoms. The average Bonchev–Trinajstić information content (AvgIpc) is 3.28. The van der Waals surface area contributed by atoms with Crippen LogP contribution in [0.5, 0.6) is 0 Å². The van der Waals surface area contributed by atoms with Gasteiger partial charge in [-0.3, -0.25) is 14.4 Å². The third kappa shape index (κ3) is 2.15. The summed E-state index contributed by atoms with van der Waals surface area (Å²) >= 11 is 0. The molecule has 2 saturated heterocycles. The predicted molar refractivity (Wildman–Crippen MR) is 90.2 cm³/mol. The summed E-state index contributed by atoms with van der Waals surface area (Å²) in [6.07, 6.45) is 1.57. The van der Waals surface area contributed by atoms with Gasteiger partial charge in [0.2, 0.25) is 11.7 Å². The molecule has 2 atom stereocenters. The van der Waals surface area contributed by atoms with Crippen LogP contribution in [0.3, 0.4) is 0 Å². The summed E-state index contributed by atoms with van der Waals surface area (Å²) in [5.74, 6) is -2.48. The van der Waals surface area contributed by atoms with E-state index in [1.54, 1.807) is 30.3 Å². The van der Waals surface area contributed by atoms with Crippen molar-refractivity contribution in [1.82, 2.24) is 15.0 Å². The molecule has 2 aliphatic heterocycles. The summed E-state index contributed by atoms with van der Waals surface area (Å²) in [5, 5.41) is 14.2. The van der Waals surface area contributed by atoms with Crippen LogP contribution < -0.4 is 0 Å². The van der Waals surface area contributed by atoms with E-state index in [9.17, 15) is 19.5 Å². The molecule has 0 spiro atoms. The molecule has 4 rings (SSSR count). The van der Waals surface area contributed by atoms with E-state index < -0.39 is 23.2 Å². The van der Waals surface area contributed by atoms with Gasteiger partial charge in [-0.15, -0.1) is 6.58 Å². The summed E-state index contributed by atoms with van der Waals surface area (Å²) in [7, 11) is 0. The van der Waals surface area contributed by atoms with Gasteiger partial charge in [0.15, 0.2) is 0 Å². The van der Waals surface area contributed by atoms with Crippen LogP contribution in [0.2, 0.25) is 0 Å². The molecule has 0 unspecified atom stereocenters. The zero-order chi connectivity index (χ0) is 18.5. The maximum absolute atomic E-state index is 12.9. The fourth-order valence-corrected chi connectivity index (χ4v) is 3.96. The van der Waals surface area contributed by atoms with Gasteiger partial charge in [-0.25, -0.2) is 0 Å². The predicted octanol–water partition coefficient (Wildman–Crippen LogP) is 0.999. The second kappa shape index (κ2) is 5.69. The average molecular weight is 355 g/mol. The summed E-state index contributed by atoms with van der Waals surface area (Å²) in [6, 6.07) is 7.00. The van der Waals surface area contributed by atoms with Gasteiger partial charge in [-0.1, -0.05) is 23.4 Å². The van der Waals surface area contributed by atoms with Crippen LogP contribution in [0.25, 0.3) is 10.9 Å². The van der Waals surface area contributed by atoms with Crippen molar-refractivity contribution in [1.29, 1.82) is 0 Å². The molecule has 2 fully saturated rings. The van der Waals surface area contributed by atoms with Crippen LogP contribution in [0, 0.1) is 11.3 Å². The highest BCUT2D eigenvalue weighted by Gasteiger charge is 2.62. The molecule has 1 aromatic carbocycles. The van der Waals surface area contributed by atoms with Gasteiger partial charge >= 0.3 is 5.97 Å². The molecule has 134 valence electrons. The number of carboxylic acids is 1. The summed E-state index contributed by atoms with van der Waals surface area (Å²) in [5.41, 5.74) is -0.748. The van der Waals surface area contributed by atoms with E-state index in [0.29, 0.717) is 17.4 Å². The number of benzene rings is 1. The van der Waals surface area contributed by atoms with Gasteiger partial charge in [0.1, 0.15) is 10.9 Å².